The third kappa shape index (κ3) is 6.23. The Kier molecular flexibility index (Phi) is 8.09. The summed E-state index contributed by atoms with van der Waals surface area (Å²) in [6.07, 6.45) is 2.51. The number of para-hydroxylation sites is 1. The van der Waals surface area contributed by atoms with Crippen LogP contribution in [0.3, 0.4) is 0 Å². The fourth-order valence-corrected chi connectivity index (χ4v) is 4.54. The smallest absolute Gasteiger partial charge is 0.294 e. The highest BCUT2D eigenvalue weighted by molar-refractivity contribution is 8.18. The number of amides is 3. The predicted molar refractivity (Wildman–Crippen MR) is 138 cm³/mol. The second kappa shape index (κ2) is 11.4. The molecule has 2 aliphatic heterocycles. The number of ether oxygens (including phenoxy) is 2. The maximum Gasteiger partial charge on any atom is 0.294 e. The van der Waals surface area contributed by atoms with E-state index in [1.54, 1.807) is 6.08 Å². The third-order valence-corrected chi connectivity index (χ3v) is 6.72. The van der Waals surface area contributed by atoms with E-state index < -0.39 is 17.1 Å². The van der Waals surface area contributed by atoms with Gasteiger partial charge in [0, 0.05) is 30.0 Å². The summed E-state index contributed by atoms with van der Waals surface area (Å²) < 4.78 is 11.3. The molecule has 3 amide bonds. The Morgan fingerprint density at radius 2 is 1.86 bits per heavy atom. The lowest BCUT2D eigenvalue weighted by molar-refractivity contribution is -0.127. The zero-order chi connectivity index (χ0) is 24.8. The molecule has 2 saturated heterocycles. The number of anilines is 2. The Hall–Kier alpha value is -3.30. The topological polar surface area (TPSA) is 88.2 Å². The van der Waals surface area contributed by atoms with Crippen LogP contribution in [0, 0.1) is 0 Å². The van der Waals surface area contributed by atoms with Crippen LogP contribution in [0.5, 0.6) is 5.75 Å². The monoisotopic (exact) mass is 495 g/mol. The van der Waals surface area contributed by atoms with E-state index in [2.05, 4.69) is 10.2 Å². The van der Waals surface area contributed by atoms with Gasteiger partial charge in [-0.05, 0) is 61.5 Å². The second-order valence-corrected chi connectivity index (χ2v) is 9.33. The summed E-state index contributed by atoms with van der Waals surface area (Å²) in [7, 11) is 0. The highest BCUT2D eigenvalue weighted by Gasteiger charge is 2.36. The second-order valence-electron chi connectivity index (χ2n) is 8.34. The lowest BCUT2D eigenvalue weighted by Crippen LogP contribution is -2.36. The third-order valence-electron chi connectivity index (χ3n) is 5.81. The van der Waals surface area contributed by atoms with Crippen LogP contribution in [-0.4, -0.2) is 60.9 Å². The number of carbonyl (C=O) groups is 3. The minimum absolute atomic E-state index is 0.0197. The number of rotatable bonds is 8. The molecule has 2 aliphatic rings. The van der Waals surface area contributed by atoms with Crippen molar-refractivity contribution in [2.75, 3.05) is 43.1 Å². The molecule has 2 aromatic carbocycles. The van der Waals surface area contributed by atoms with Crippen molar-refractivity contribution in [3.63, 3.8) is 0 Å². The van der Waals surface area contributed by atoms with Gasteiger partial charge < -0.3 is 19.7 Å². The van der Waals surface area contributed by atoms with Crippen molar-refractivity contribution >= 4 is 46.3 Å². The van der Waals surface area contributed by atoms with Gasteiger partial charge in [-0.25, -0.2) is 0 Å². The number of nitrogens with zero attached hydrogens (tertiary/aromatic N) is 2. The first-order valence-electron chi connectivity index (χ1n) is 11.7. The van der Waals surface area contributed by atoms with Crippen LogP contribution in [0.2, 0.25) is 0 Å². The lowest BCUT2D eigenvalue weighted by atomic mass is 10.1. The lowest BCUT2D eigenvalue weighted by Gasteiger charge is -2.28. The first kappa shape index (κ1) is 24.8. The van der Waals surface area contributed by atoms with Crippen LogP contribution in [0.25, 0.3) is 6.08 Å². The van der Waals surface area contributed by atoms with Crippen molar-refractivity contribution < 1.29 is 23.9 Å². The number of imide groups is 1. The van der Waals surface area contributed by atoms with Gasteiger partial charge in [-0.2, -0.15) is 0 Å². The fraction of sp³-hybridized carbons (Fsp3) is 0.346. The maximum atomic E-state index is 12.9. The maximum absolute atomic E-state index is 12.9. The molecule has 1 N–H and O–H groups in total. The highest BCUT2D eigenvalue weighted by Crippen LogP contribution is 2.34. The molecule has 9 heteroatoms. The van der Waals surface area contributed by atoms with E-state index in [1.807, 2.05) is 62.4 Å². The molecular formula is C26H29N3O5S. The minimum atomic E-state index is -0.490. The SMILES string of the molecule is CC[C@H](C)Oc1ccccc1/C=C1/SC(=O)N(CC(=O)Nc2ccc(N3CCOCC3)cc2)C1=O. The van der Waals surface area contributed by atoms with E-state index in [4.69, 9.17) is 9.47 Å². The predicted octanol–water partition coefficient (Wildman–Crippen LogP) is 4.38. The number of thioether (sulfide) groups is 1. The van der Waals surface area contributed by atoms with Crippen molar-refractivity contribution in [3.8, 4) is 5.75 Å². The Morgan fingerprint density at radius 1 is 1.14 bits per heavy atom. The van der Waals surface area contributed by atoms with E-state index in [0.717, 1.165) is 41.9 Å². The van der Waals surface area contributed by atoms with Crippen molar-refractivity contribution in [2.24, 2.45) is 0 Å². The zero-order valence-corrected chi connectivity index (χ0v) is 20.7. The summed E-state index contributed by atoms with van der Waals surface area (Å²) in [5, 5.41) is 2.29. The summed E-state index contributed by atoms with van der Waals surface area (Å²) >= 11 is 0.823. The quantitative estimate of drug-likeness (QED) is 0.544. The standard InChI is InChI=1S/C26H29N3O5S/c1-3-18(2)34-22-7-5-4-6-19(22)16-23-25(31)29(26(32)35-23)17-24(30)27-20-8-10-21(11-9-20)28-12-14-33-15-13-28/h4-11,16,18H,3,12-15,17H2,1-2H3,(H,27,30)/b23-16+/t18-/m0/s1. The Balaban J connectivity index is 1.38. The van der Waals surface area contributed by atoms with E-state index in [9.17, 15) is 14.4 Å². The van der Waals surface area contributed by atoms with Crippen molar-refractivity contribution in [3.05, 3.63) is 59.0 Å². The molecule has 1 atom stereocenters. The number of nitrogens with one attached hydrogen (secondary N) is 1. The average Bonchev–Trinajstić information content (AvgIpc) is 3.13. The van der Waals surface area contributed by atoms with Crippen molar-refractivity contribution in [1.82, 2.24) is 4.90 Å². The van der Waals surface area contributed by atoms with E-state index >= 15 is 0 Å². The molecule has 0 unspecified atom stereocenters. The summed E-state index contributed by atoms with van der Waals surface area (Å²) in [6.45, 7) is 6.70. The van der Waals surface area contributed by atoms with E-state index in [1.165, 1.54) is 0 Å². The molecule has 8 nitrogen and oxygen atoms in total. The van der Waals surface area contributed by atoms with Gasteiger partial charge in [0.25, 0.3) is 11.1 Å². The molecule has 184 valence electrons. The number of hydrogen-bond donors (Lipinski definition) is 1. The summed E-state index contributed by atoms with van der Waals surface area (Å²) in [5.74, 6) is -0.281. The van der Waals surface area contributed by atoms with Crippen LogP contribution in [0.15, 0.2) is 53.4 Å². The number of morpholine rings is 1. The zero-order valence-electron chi connectivity index (χ0n) is 19.9. The van der Waals surface area contributed by atoms with Gasteiger partial charge in [0.05, 0.1) is 24.2 Å². The molecule has 0 aromatic heterocycles. The van der Waals surface area contributed by atoms with Crippen LogP contribution in [0.1, 0.15) is 25.8 Å². The molecule has 0 aliphatic carbocycles. The van der Waals surface area contributed by atoms with Crippen LogP contribution < -0.4 is 15.0 Å². The molecule has 0 bridgehead atoms. The largest absolute Gasteiger partial charge is 0.490 e. The van der Waals surface area contributed by atoms with Gasteiger partial charge in [0.2, 0.25) is 5.91 Å². The Labute approximate surface area is 209 Å². The average molecular weight is 496 g/mol. The Morgan fingerprint density at radius 3 is 2.57 bits per heavy atom. The van der Waals surface area contributed by atoms with Gasteiger partial charge >= 0.3 is 0 Å². The summed E-state index contributed by atoms with van der Waals surface area (Å²) in [6, 6.07) is 14.9. The number of carbonyl (C=O) groups excluding carboxylic acids is 3. The van der Waals surface area contributed by atoms with E-state index in [0.29, 0.717) is 30.2 Å². The van der Waals surface area contributed by atoms with Crippen molar-refractivity contribution in [2.45, 2.75) is 26.4 Å². The number of benzene rings is 2. The van der Waals surface area contributed by atoms with Gasteiger partial charge in [0.1, 0.15) is 12.3 Å². The normalized spacial score (nSPS) is 18.2. The molecule has 2 fully saturated rings. The molecule has 0 spiro atoms. The Bertz CT molecular complexity index is 1110. The molecule has 2 aromatic rings. The number of hydrogen-bond acceptors (Lipinski definition) is 7. The molecule has 35 heavy (non-hydrogen) atoms. The molecule has 0 radical (unpaired) electrons. The molecule has 4 rings (SSSR count). The first-order valence-corrected chi connectivity index (χ1v) is 12.5. The first-order chi connectivity index (χ1) is 16.9. The minimum Gasteiger partial charge on any atom is -0.490 e. The van der Waals surface area contributed by atoms with Gasteiger partial charge in [-0.1, -0.05) is 25.1 Å². The highest BCUT2D eigenvalue weighted by atomic mass is 32.2. The fourth-order valence-electron chi connectivity index (χ4n) is 3.71. The molecular weight excluding hydrogens is 466 g/mol. The van der Waals surface area contributed by atoms with Crippen molar-refractivity contribution in [1.29, 1.82) is 0 Å². The molecule has 2 heterocycles. The summed E-state index contributed by atoms with van der Waals surface area (Å²) in [4.78, 5) is 41.4. The molecule has 0 saturated carbocycles. The van der Waals surface area contributed by atoms with Crippen LogP contribution in [-0.2, 0) is 14.3 Å². The summed E-state index contributed by atoms with van der Waals surface area (Å²) in [5.41, 5.74) is 2.37. The van der Waals surface area contributed by atoms with Gasteiger partial charge in [-0.3, -0.25) is 19.3 Å². The van der Waals surface area contributed by atoms with E-state index in [-0.39, 0.29) is 17.6 Å². The van der Waals surface area contributed by atoms with Crippen LogP contribution >= 0.6 is 11.8 Å². The van der Waals surface area contributed by atoms with Crippen LogP contribution in [0.4, 0.5) is 16.2 Å². The van der Waals surface area contributed by atoms with Gasteiger partial charge in [-0.15, -0.1) is 0 Å². The van der Waals surface area contributed by atoms with Gasteiger partial charge in [0.15, 0.2) is 0 Å².